The zero-order chi connectivity index (χ0) is 21.3. The molecule has 30 heavy (non-hydrogen) atoms. The number of carbonyl (C=O) groups is 1. The van der Waals surface area contributed by atoms with Gasteiger partial charge in [0.05, 0.1) is 19.2 Å². The van der Waals surface area contributed by atoms with Gasteiger partial charge in [-0.15, -0.1) is 0 Å². The van der Waals surface area contributed by atoms with Crippen molar-refractivity contribution in [2.75, 3.05) is 44.7 Å². The number of rotatable bonds is 9. The standard InChI is InChI=1S/C23H29N3O4/c1-30-21-8-6-20(7-9-21)26-16-14-25(15-17-26)13-12-18-2-4-19(5-3-18)22(24-29)10-11-23(27)28/h2-9,29H,10-17H2,1H3,(H,27,28). The monoisotopic (exact) mass is 411 g/mol. The van der Waals surface area contributed by atoms with E-state index in [4.69, 9.17) is 15.1 Å². The van der Waals surface area contributed by atoms with Crippen molar-refractivity contribution >= 4 is 17.4 Å². The van der Waals surface area contributed by atoms with E-state index in [2.05, 4.69) is 27.1 Å². The Morgan fingerprint density at radius 1 is 1.00 bits per heavy atom. The van der Waals surface area contributed by atoms with Gasteiger partial charge < -0.3 is 20.0 Å². The Morgan fingerprint density at radius 3 is 2.23 bits per heavy atom. The van der Waals surface area contributed by atoms with E-state index in [0.717, 1.165) is 50.5 Å². The molecule has 1 heterocycles. The predicted molar refractivity (Wildman–Crippen MR) is 117 cm³/mol. The Labute approximate surface area is 177 Å². The Morgan fingerprint density at radius 2 is 1.67 bits per heavy atom. The van der Waals surface area contributed by atoms with Crippen molar-refractivity contribution in [1.29, 1.82) is 0 Å². The Balaban J connectivity index is 1.45. The number of carboxylic acids is 1. The number of aliphatic carboxylic acids is 1. The predicted octanol–water partition coefficient (Wildman–Crippen LogP) is 3.10. The third-order valence-electron chi connectivity index (χ3n) is 5.51. The number of oxime groups is 1. The molecule has 1 fully saturated rings. The number of nitrogens with zero attached hydrogens (tertiary/aromatic N) is 3. The van der Waals surface area contributed by atoms with E-state index in [1.807, 2.05) is 36.4 Å². The van der Waals surface area contributed by atoms with Gasteiger partial charge >= 0.3 is 5.97 Å². The van der Waals surface area contributed by atoms with Gasteiger partial charge in [-0.2, -0.15) is 0 Å². The number of benzene rings is 2. The van der Waals surface area contributed by atoms with Crippen molar-refractivity contribution in [3.8, 4) is 5.75 Å². The van der Waals surface area contributed by atoms with Crippen LogP contribution < -0.4 is 9.64 Å². The van der Waals surface area contributed by atoms with Crippen LogP contribution in [-0.2, 0) is 11.2 Å². The zero-order valence-corrected chi connectivity index (χ0v) is 17.3. The van der Waals surface area contributed by atoms with Gasteiger partial charge in [-0.3, -0.25) is 9.69 Å². The minimum Gasteiger partial charge on any atom is -0.497 e. The van der Waals surface area contributed by atoms with Crippen molar-refractivity contribution in [3.05, 3.63) is 59.7 Å². The topological polar surface area (TPSA) is 85.6 Å². The van der Waals surface area contributed by atoms with Crippen LogP contribution in [0.4, 0.5) is 5.69 Å². The molecular weight excluding hydrogens is 382 g/mol. The van der Waals surface area contributed by atoms with E-state index in [0.29, 0.717) is 5.71 Å². The first-order chi connectivity index (χ1) is 14.6. The molecule has 0 radical (unpaired) electrons. The molecule has 0 aliphatic carbocycles. The summed E-state index contributed by atoms with van der Waals surface area (Å²) in [6, 6.07) is 16.1. The summed E-state index contributed by atoms with van der Waals surface area (Å²) in [7, 11) is 1.68. The fraction of sp³-hybridized carbons (Fsp3) is 0.391. The molecule has 0 unspecified atom stereocenters. The van der Waals surface area contributed by atoms with E-state index in [-0.39, 0.29) is 12.8 Å². The third kappa shape index (κ3) is 5.97. The SMILES string of the molecule is COc1ccc(N2CCN(CCc3ccc(C(CCC(=O)O)=NO)cc3)CC2)cc1. The minimum absolute atomic E-state index is 0.0519. The molecule has 2 N–H and O–H groups in total. The fourth-order valence-electron chi connectivity index (χ4n) is 3.65. The van der Waals surface area contributed by atoms with E-state index < -0.39 is 5.97 Å². The molecule has 2 aromatic carbocycles. The first kappa shape index (κ1) is 21.6. The molecule has 7 nitrogen and oxygen atoms in total. The Hall–Kier alpha value is -3.06. The van der Waals surface area contributed by atoms with Crippen LogP contribution >= 0.6 is 0 Å². The van der Waals surface area contributed by atoms with Crippen LogP contribution in [0.2, 0.25) is 0 Å². The number of anilines is 1. The summed E-state index contributed by atoms with van der Waals surface area (Å²) < 4.78 is 5.23. The maximum Gasteiger partial charge on any atom is 0.303 e. The number of piperazine rings is 1. The van der Waals surface area contributed by atoms with Crippen LogP contribution in [0, 0.1) is 0 Å². The average Bonchev–Trinajstić information content (AvgIpc) is 2.79. The van der Waals surface area contributed by atoms with Gasteiger partial charge in [-0.1, -0.05) is 29.4 Å². The summed E-state index contributed by atoms with van der Waals surface area (Å²) in [5.41, 5.74) is 3.61. The summed E-state index contributed by atoms with van der Waals surface area (Å²) >= 11 is 0. The summed E-state index contributed by atoms with van der Waals surface area (Å²) in [5.74, 6) is -0.0254. The highest BCUT2D eigenvalue weighted by Crippen LogP contribution is 2.20. The molecule has 0 atom stereocenters. The zero-order valence-electron chi connectivity index (χ0n) is 17.3. The van der Waals surface area contributed by atoms with Crippen LogP contribution in [0.5, 0.6) is 5.75 Å². The van der Waals surface area contributed by atoms with Crippen molar-refractivity contribution in [2.24, 2.45) is 5.16 Å². The van der Waals surface area contributed by atoms with E-state index in [1.165, 1.54) is 11.3 Å². The molecular formula is C23H29N3O4. The third-order valence-corrected chi connectivity index (χ3v) is 5.51. The molecule has 0 spiro atoms. The lowest BCUT2D eigenvalue weighted by molar-refractivity contribution is -0.136. The summed E-state index contributed by atoms with van der Waals surface area (Å²) in [6.45, 7) is 5.06. The lowest BCUT2D eigenvalue weighted by Crippen LogP contribution is -2.46. The van der Waals surface area contributed by atoms with Crippen LogP contribution in [0.1, 0.15) is 24.0 Å². The van der Waals surface area contributed by atoms with Gasteiger partial charge in [0.25, 0.3) is 0 Å². The maximum absolute atomic E-state index is 10.7. The van der Waals surface area contributed by atoms with E-state index >= 15 is 0 Å². The van der Waals surface area contributed by atoms with Gasteiger partial charge in [0.2, 0.25) is 0 Å². The van der Waals surface area contributed by atoms with Gasteiger partial charge in [0.15, 0.2) is 0 Å². The van der Waals surface area contributed by atoms with E-state index in [1.54, 1.807) is 7.11 Å². The smallest absolute Gasteiger partial charge is 0.303 e. The highest BCUT2D eigenvalue weighted by Gasteiger charge is 2.17. The lowest BCUT2D eigenvalue weighted by Gasteiger charge is -2.36. The fourth-order valence-corrected chi connectivity index (χ4v) is 3.65. The molecule has 1 saturated heterocycles. The lowest BCUT2D eigenvalue weighted by atomic mass is 10.0. The highest BCUT2D eigenvalue weighted by molar-refractivity contribution is 6.01. The van der Waals surface area contributed by atoms with Crippen LogP contribution in [0.15, 0.2) is 53.7 Å². The largest absolute Gasteiger partial charge is 0.497 e. The number of hydrogen-bond donors (Lipinski definition) is 2. The second-order valence-corrected chi connectivity index (χ2v) is 7.41. The molecule has 0 amide bonds. The molecule has 1 aliphatic rings. The summed E-state index contributed by atoms with van der Waals surface area (Å²) in [4.78, 5) is 15.6. The number of methoxy groups -OCH3 is 1. The van der Waals surface area contributed by atoms with Crippen LogP contribution in [0.25, 0.3) is 0 Å². The van der Waals surface area contributed by atoms with Crippen LogP contribution in [-0.4, -0.2) is 66.7 Å². The highest BCUT2D eigenvalue weighted by atomic mass is 16.5. The Kier molecular flexibility index (Phi) is 7.68. The van der Waals surface area contributed by atoms with Gasteiger partial charge in [0.1, 0.15) is 5.75 Å². The minimum atomic E-state index is -0.903. The van der Waals surface area contributed by atoms with Gasteiger partial charge in [-0.25, -0.2) is 0 Å². The summed E-state index contributed by atoms with van der Waals surface area (Å²) in [5, 5.41) is 21.2. The van der Waals surface area contributed by atoms with E-state index in [9.17, 15) is 4.79 Å². The van der Waals surface area contributed by atoms with Crippen molar-refractivity contribution in [3.63, 3.8) is 0 Å². The van der Waals surface area contributed by atoms with Gasteiger partial charge in [-0.05, 0) is 41.8 Å². The number of hydrogen-bond acceptors (Lipinski definition) is 6. The molecule has 0 aromatic heterocycles. The first-order valence-corrected chi connectivity index (χ1v) is 10.2. The van der Waals surface area contributed by atoms with Crippen LogP contribution in [0.3, 0.4) is 0 Å². The van der Waals surface area contributed by atoms with Crippen molar-refractivity contribution < 1.29 is 19.8 Å². The number of ether oxygens (including phenoxy) is 1. The average molecular weight is 412 g/mol. The van der Waals surface area contributed by atoms with Gasteiger partial charge in [0, 0.05) is 44.8 Å². The van der Waals surface area contributed by atoms with Crippen molar-refractivity contribution in [2.45, 2.75) is 19.3 Å². The maximum atomic E-state index is 10.7. The molecule has 3 rings (SSSR count). The number of carboxylic acid groups (broad SMARTS) is 1. The Bertz CT molecular complexity index is 842. The molecule has 1 aliphatic heterocycles. The molecule has 0 saturated carbocycles. The normalized spacial score (nSPS) is 15.2. The molecule has 160 valence electrons. The second kappa shape index (κ2) is 10.6. The molecule has 2 aromatic rings. The summed E-state index contributed by atoms with van der Waals surface area (Å²) in [6.07, 6.45) is 1.11. The molecule has 0 bridgehead atoms. The molecule has 7 heteroatoms. The van der Waals surface area contributed by atoms with Crippen molar-refractivity contribution in [1.82, 2.24) is 4.90 Å². The quantitative estimate of drug-likeness (QED) is 0.375. The first-order valence-electron chi connectivity index (χ1n) is 10.2. The second-order valence-electron chi connectivity index (χ2n) is 7.41.